The zero-order valence-electron chi connectivity index (χ0n) is 11.2. The number of aliphatic hydroxyl groups excluding tert-OH is 1. The van der Waals surface area contributed by atoms with Crippen molar-refractivity contribution in [2.75, 3.05) is 11.9 Å². The third kappa shape index (κ3) is 2.65. The van der Waals surface area contributed by atoms with Gasteiger partial charge in [-0.05, 0) is 41.0 Å². The van der Waals surface area contributed by atoms with Crippen LogP contribution in [0.3, 0.4) is 0 Å². The third-order valence-electron chi connectivity index (χ3n) is 3.43. The van der Waals surface area contributed by atoms with Gasteiger partial charge >= 0.3 is 0 Å². The molecule has 3 aromatic rings. The van der Waals surface area contributed by atoms with Crippen LogP contribution in [0.2, 0.25) is 0 Å². The minimum atomic E-state index is 0.163. The number of benzene rings is 3. The smallest absolute Gasteiger partial charge is 0.0472 e. The molecule has 0 heterocycles. The Morgan fingerprint density at radius 2 is 1.55 bits per heavy atom. The summed E-state index contributed by atoms with van der Waals surface area (Å²) >= 11 is 0. The molecule has 2 nitrogen and oxygen atoms in total. The van der Waals surface area contributed by atoms with Crippen LogP contribution in [0.4, 0.5) is 11.4 Å². The summed E-state index contributed by atoms with van der Waals surface area (Å²) in [6.07, 6.45) is 0.663. The molecule has 3 aromatic carbocycles. The van der Waals surface area contributed by atoms with Gasteiger partial charge in [0.05, 0.1) is 0 Å². The second-order valence-electron chi connectivity index (χ2n) is 4.82. The largest absolute Gasteiger partial charge is 0.396 e. The molecule has 2 heteroatoms. The molecule has 0 unspecified atom stereocenters. The molecule has 0 amide bonds. The lowest BCUT2D eigenvalue weighted by Gasteiger charge is -2.12. The number of rotatable bonds is 4. The lowest BCUT2D eigenvalue weighted by Crippen LogP contribution is -1.98. The van der Waals surface area contributed by atoms with Crippen LogP contribution in [0.5, 0.6) is 0 Å². The zero-order valence-corrected chi connectivity index (χ0v) is 11.2. The summed E-state index contributed by atoms with van der Waals surface area (Å²) in [5.41, 5.74) is 3.24. The van der Waals surface area contributed by atoms with Crippen LogP contribution in [0, 0.1) is 0 Å². The van der Waals surface area contributed by atoms with Crippen molar-refractivity contribution in [3.05, 3.63) is 72.3 Å². The van der Waals surface area contributed by atoms with E-state index >= 15 is 0 Å². The van der Waals surface area contributed by atoms with Crippen LogP contribution >= 0.6 is 0 Å². The van der Waals surface area contributed by atoms with Crippen LogP contribution in [0.1, 0.15) is 5.56 Å². The number of anilines is 2. The van der Waals surface area contributed by atoms with E-state index < -0.39 is 0 Å². The highest BCUT2D eigenvalue weighted by molar-refractivity contribution is 5.86. The Morgan fingerprint density at radius 1 is 0.800 bits per heavy atom. The van der Waals surface area contributed by atoms with Crippen LogP contribution in [0.25, 0.3) is 10.8 Å². The van der Waals surface area contributed by atoms with E-state index in [0.29, 0.717) is 6.42 Å². The first-order chi connectivity index (χ1) is 9.86. The average Bonchev–Trinajstić information content (AvgIpc) is 2.49. The van der Waals surface area contributed by atoms with Crippen molar-refractivity contribution in [2.45, 2.75) is 6.42 Å². The SMILES string of the molecule is OCCc1ccccc1Nc1ccc2ccccc2c1. The van der Waals surface area contributed by atoms with Crippen LogP contribution in [-0.2, 0) is 6.42 Å². The molecule has 0 fully saturated rings. The van der Waals surface area contributed by atoms with E-state index in [1.54, 1.807) is 0 Å². The van der Waals surface area contributed by atoms with Crippen molar-refractivity contribution in [3.63, 3.8) is 0 Å². The summed E-state index contributed by atoms with van der Waals surface area (Å²) in [5.74, 6) is 0. The fourth-order valence-electron chi connectivity index (χ4n) is 2.40. The quantitative estimate of drug-likeness (QED) is 0.742. The topological polar surface area (TPSA) is 32.3 Å². The molecule has 100 valence electrons. The molecule has 0 saturated heterocycles. The summed E-state index contributed by atoms with van der Waals surface area (Å²) in [4.78, 5) is 0. The summed E-state index contributed by atoms with van der Waals surface area (Å²) < 4.78 is 0. The molecule has 0 aromatic heterocycles. The summed E-state index contributed by atoms with van der Waals surface area (Å²) in [6, 6.07) is 22.7. The standard InChI is InChI=1S/C18H17NO/c20-12-11-15-6-3-4-8-18(15)19-17-10-9-14-5-1-2-7-16(14)13-17/h1-10,13,19-20H,11-12H2. The second kappa shape index (κ2) is 5.76. The third-order valence-corrected chi connectivity index (χ3v) is 3.43. The first-order valence-corrected chi connectivity index (χ1v) is 6.81. The van der Waals surface area contributed by atoms with Gasteiger partial charge in [0, 0.05) is 18.0 Å². The van der Waals surface area contributed by atoms with E-state index in [0.717, 1.165) is 16.9 Å². The van der Waals surface area contributed by atoms with Gasteiger partial charge in [0.1, 0.15) is 0 Å². The average molecular weight is 263 g/mol. The fraction of sp³-hybridized carbons (Fsp3) is 0.111. The highest BCUT2D eigenvalue weighted by Gasteiger charge is 2.02. The van der Waals surface area contributed by atoms with Gasteiger partial charge in [0.25, 0.3) is 0 Å². The summed E-state index contributed by atoms with van der Waals surface area (Å²) in [7, 11) is 0. The maximum Gasteiger partial charge on any atom is 0.0472 e. The molecule has 2 N–H and O–H groups in total. The number of hydrogen-bond donors (Lipinski definition) is 2. The first-order valence-electron chi connectivity index (χ1n) is 6.81. The number of hydrogen-bond acceptors (Lipinski definition) is 2. The fourth-order valence-corrected chi connectivity index (χ4v) is 2.40. The van der Waals surface area contributed by atoms with E-state index in [1.165, 1.54) is 10.8 Å². The normalized spacial score (nSPS) is 10.7. The Balaban J connectivity index is 1.93. The van der Waals surface area contributed by atoms with Gasteiger partial charge in [0.15, 0.2) is 0 Å². The van der Waals surface area contributed by atoms with Gasteiger partial charge in [-0.1, -0.05) is 48.5 Å². The maximum atomic E-state index is 9.12. The van der Waals surface area contributed by atoms with E-state index in [2.05, 4.69) is 35.6 Å². The maximum absolute atomic E-state index is 9.12. The Bertz CT molecular complexity index is 721. The lowest BCUT2D eigenvalue weighted by molar-refractivity contribution is 0.300. The minimum absolute atomic E-state index is 0.163. The van der Waals surface area contributed by atoms with E-state index in [4.69, 9.17) is 5.11 Å². The molecular formula is C18H17NO. The first kappa shape index (κ1) is 12.7. The minimum Gasteiger partial charge on any atom is -0.396 e. The zero-order chi connectivity index (χ0) is 13.8. The molecular weight excluding hydrogens is 246 g/mol. The lowest BCUT2D eigenvalue weighted by atomic mass is 10.1. The van der Waals surface area contributed by atoms with Crippen LogP contribution < -0.4 is 5.32 Å². The molecule has 20 heavy (non-hydrogen) atoms. The van der Waals surface area contributed by atoms with Crippen LogP contribution in [-0.4, -0.2) is 11.7 Å². The molecule has 0 aliphatic rings. The molecule has 0 atom stereocenters. The Morgan fingerprint density at radius 3 is 2.40 bits per heavy atom. The predicted molar refractivity (Wildman–Crippen MR) is 84.5 cm³/mol. The number of aliphatic hydroxyl groups is 1. The molecule has 3 rings (SSSR count). The van der Waals surface area contributed by atoms with Gasteiger partial charge in [0.2, 0.25) is 0 Å². The van der Waals surface area contributed by atoms with E-state index in [1.807, 2.05) is 36.4 Å². The monoisotopic (exact) mass is 263 g/mol. The van der Waals surface area contributed by atoms with E-state index in [9.17, 15) is 0 Å². The van der Waals surface area contributed by atoms with Crippen molar-refractivity contribution >= 4 is 22.1 Å². The van der Waals surface area contributed by atoms with Gasteiger partial charge < -0.3 is 10.4 Å². The van der Waals surface area contributed by atoms with Gasteiger partial charge in [-0.15, -0.1) is 0 Å². The van der Waals surface area contributed by atoms with Crippen molar-refractivity contribution < 1.29 is 5.11 Å². The molecule has 0 bridgehead atoms. The van der Waals surface area contributed by atoms with Crippen LogP contribution in [0.15, 0.2) is 66.7 Å². The highest BCUT2D eigenvalue weighted by Crippen LogP contribution is 2.24. The predicted octanol–water partition coefficient (Wildman–Crippen LogP) is 4.12. The van der Waals surface area contributed by atoms with Gasteiger partial charge in [-0.2, -0.15) is 0 Å². The number of nitrogens with one attached hydrogen (secondary N) is 1. The summed E-state index contributed by atoms with van der Waals surface area (Å²) in [6.45, 7) is 0.163. The molecule has 0 radical (unpaired) electrons. The molecule has 0 saturated carbocycles. The Hall–Kier alpha value is -2.32. The van der Waals surface area contributed by atoms with Crippen molar-refractivity contribution in [1.82, 2.24) is 0 Å². The number of fused-ring (bicyclic) bond motifs is 1. The Kier molecular flexibility index (Phi) is 3.66. The van der Waals surface area contributed by atoms with Crippen molar-refractivity contribution in [3.8, 4) is 0 Å². The van der Waals surface area contributed by atoms with Crippen molar-refractivity contribution in [2.24, 2.45) is 0 Å². The second-order valence-corrected chi connectivity index (χ2v) is 4.82. The van der Waals surface area contributed by atoms with E-state index in [-0.39, 0.29) is 6.61 Å². The molecule has 0 spiro atoms. The molecule has 0 aliphatic heterocycles. The summed E-state index contributed by atoms with van der Waals surface area (Å²) in [5, 5.41) is 15.0. The number of para-hydroxylation sites is 1. The molecule has 0 aliphatic carbocycles. The van der Waals surface area contributed by atoms with Gasteiger partial charge in [-0.3, -0.25) is 0 Å². The van der Waals surface area contributed by atoms with Crippen molar-refractivity contribution in [1.29, 1.82) is 0 Å². The highest BCUT2D eigenvalue weighted by atomic mass is 16.2. The Labute approximate surface area is 118 Å². The van der Waals surface area contributed by atoms with Gasteiger partial charge in [-0.25, -0.2) is 0 Å².